The maximum atomic E-state index is 11.6. The summed E-state index contributed by atoms with van der Waals surface area (Å²) >= 11 is 0. The maximum Gasteiger partial charge on any atom is 0.220 e. The SMILES string of the molecule is O=C(CCCC1CCCC1)NCC1CCCN1. The van der Waals surface area contributed by atoms with E-state index in [1.807, 2.05) is 0 Å². The second-order valence-electron chi connectivity index (χ2n) is 5.64. The van der Waals surface area contributed by atoms with Crippen molar-refractivity contribution in [1.82, 2.24) is 10.6 Å². The lowest BCUT2D eigenvalue weighted by molar-refractivity contribution is -0.121. The van der Waals surface area contributed by atoms with Gasteiger partial charge in [0.1, 0.15) is 0 Å². The predicted molar refractivity (Wildman–Crippen MR) is 69.8 cm³/mol. The van der Waals surface area contributed by atoms with Gasteiger partial charge in [-0.2, -0.15) is 0 Å². The molecule has 1 amide bonds. The fourth-order valence-electron chi connectivity index (χ4n) is 3.11. The van der Waals surface area contributed by atoms with E-state index < -0.39 is 0 Å². The lowest BCUT2D eigenvalue weighted by atomic mass is 10.0. The van der Waals surface area contributed by atoms with Crippen LogP contribution in [0.25, 0.3) is 0 Å². The Kier molecular flexibility index (Phi) is 5.30. The molecule has 0 aromatic heterocycles. The van der Waals surface area contributed by atoms with Crippen LogP contribution in [-0.2, 0) is 4.79 Å². The minimum Gasteiger partial charge on any atom is -0.355 e. The summed E-state index contributed by atoms with van der Waals surface area (Å²) in [6.45, 7) is 1.93. The van der Waals surface area contributed by atoms with Gasteiger partial charge in [0.15, 0.2) is 0 Å². The predicted octanol–water partition coefficient (Wildman–Crippen LogP) is 2.22. The molecule has 1 saturated heterocycles. The lowest BCUT2D eigenvalue weighted by Crippen LogP contribution is -2.37. The second-order valence-corrected chi connectivity index (χ2v) is 5.64. The Morgan fingerprint density at radius 3 is 2.71 bits per heavy atom. The van der Waals surface area contributed by atoms with Gasteiger partial charge >= 0.3 is 0 Å². The van der Waals surface area contributed by atoms with Crippen molar-refractivity contribution in [3.8, 4) is 0 Å². The monoisotopic (exact) mass is 238 g/mol. The van der Waals surface area contributed by atoms with Crippen molar-refractivity contribution in [2.45, 2.75) is 63.8 Å². The molecule has 2 aliphatic rings. The molecule has 1 heterocycles. The van der Waals surface area contributed by atoms with Crippen LogP contribution >= 0.6 is 0 Å². The Labute approximate surface area is 105 Å². The van der Waals surface area contributed by atoms with Crippen LogP contribution in [0.5, 0.6) is 0 Å². The molecule has 0 bridgehead atoms. The number of hydrogen-bond donors (Lipinski definition) is 2. The molecule has 3 nitrogen and oxygen atoms in total. The lowest BCUT2D eigenvalue weighted by Gasteiger charge is -2.12. The van der Waals surface area contributed by atoms with Gasteiger partial charge in [-0.15, -0.1) is 0 Å². The van der Waals surface area contributed by atoms with Crippen molar-refractivity contribution in [3.05, 3.63) is 0 Å². The zero-order valence-electron chi connectivity index (χ0n) is 10.8. The fraction of sp³-hybridized carbons (Fsp3) is 0.929. The molecule has 2 N–H and O–H groups in total. The standard InChI is InChI=1S/C14H26N2O/c17-14(16-11-13-8-4-10-15-13)9-3-7-12-5-1-2-6-12/h12-13,15H,1-11H2,(H,16,17). The molecule has 1 atom stereocenters. The highest BCUT2D eigenvalue weighted by Crippen LogP contribution is 2.28. The first-order valence-electron chi connectivity index (χ1n) is 7.34. The van der Waals surface area contributed by atoms with Crippen molar-refractivity contribution < 1.29 is 4.79 Å². The van der Waals surface area contributed by atoms with Crippen molar-refractivity contribution in [2.24, 2.45) is 5.92 Å². The molecule has 2 fully saturated rings. The van der Waals surface area contributed by atoms with E-state index in [1.165, 1.54) is 44.9 Å². The Morgan fingerprint density at radius 1 is 1.18 bits per heavy atom. The summed E-state index contributed by atoms with van der Waals surface area (Å²) in [7, 11) is 0. The summed E-state index contributed by atoms with van der Waals surface area (Å²) in [5.41, 5.74) is 0. The average molecular weight is 238 g/mol. The van der Waals surface area contributed by atoms with Crippen molar-refractivity contribution in [2.75, 3.05) is 13.1 Å². The molecule has 3 heteroatoms. The van der Waals surface area contributed by atoms with Gasteiger partial charge in [-0.05, 0) is 38.1 Å². The molecule has 17 heavy (non-hydrogen) atoms. The first-order chi connectivity index (χ1) is 8.34. The van der Waals surface area contributed by atoms with Gasteiger partial charge < -0.3 is 10.6 Å². The Hall–Kier alpha value is -0.570. The Balaban J connectivity index is 1.48. The highest BCUT2D eigenvalue weighted by Gasteiger charge is 2.16. The summed E-state index contributed by atoms with van der Waals surface area (Å²) in [6.07, 6.45) is 11.1. The summed E-state index contributed by atoms with van der Waals surface area (Å²) < 4.78 is 0. The van der Waals surface area contributed by atoms with Crippen LogP contribution in [0.1, 0.15) is 57.8 Å². The van der Waals surface area contributed by atoms with Crippen molar-refractivity contribution >= 4 is 5.91 Å². The van der Waals surface area contributed by atoms with Crippen molar-refractivity contribution in [3.63, 3.8) is 0 Å². The van der Waals surface area contributed by atoms with Gasteiger partial charge in [-0.1, -0.05) is 25.7 Å². The van der Waals surface area contributed by atoms with Crippen LogP contribution in [0, 0.1) is 5.92 Å². The van der Waals surface area contributed by atoms with Gasteiger partial charge in [-0.3, -0.25) is 4.79 Å². The Morgan fingerprint density at radius 2 is 2.00 bits per heavy atom. The molecule has 2 rings (SSSR count). The molecule has 1 unspecified atom stereocenters. The van der Waals surface area contributed by atoms with Gasteiger partial charge in [0, 0.05) is 19.0 Å². The van der Waals surface area contributed by atoms with Gasteiger partial charge in [0.25, 0.3) is 0 Å². The van der Waals surface area contributed by atoms with Gasteiger partial charge in [0.2, 0.25) is 5.91 Å². The molecule has 1 saturated carbocycles. The minimum absolute atomic E-state index is 0.247. The van der Waals surface area contributed by atoms with E-state index in [-0.39, 0.29) is 5.91 Å². The van der Waals surface area contributed by atoms with E-state index in [0.717, 1.165) is 31.8 Å². The first-order valence-corrected chi connectivity index (χ1v) is 7.34. The first kappa shape index (κ1) is 12.9. The number of hydrogen-bond acceptors (Lipinski definition) is 2. The molecule has 0 spiro atoms. The molecule has 1 aliphatic heterocycles. The zero-order valence-corrected chi connectivity index (χ0v) is 10.8. The van der Waals surface area contributed by atoms with Crippen LogP contribution in [0.15, 0.2) is 0 Å². The van der Waals surface area contributed by atoms with E-state index in [9.17, 15) is 4.79 Å². The third-order valence-electron chi connectivity index (χ3n) is 4.20. The van der Waals surface area contributed by atoms with E-state index in [1.54, 1.807) is 0 Å². The molecular formula is C14H26N2O. The van der Waals surface area contributed by atoms with E-state index in [4.69, 9.17) is 0 Å². The Bertz CT molecular complexity index is 230. The number of nitrogens with one attached hydrogen (secondary N) is 2. The number of rotatable bonds is 6. The van der Waals surface area contributed by atoms with Crippen LogP contribution in [-0.4, -0.2) is 25.0 Å². The maximum absolute atomic E-state index is 11.6. The third-order valence-corrected chi connectivity index (χ3v) is 4.20. The van der Waals surface area contributed by atoms with E-state index >= 15 is 0 Å². The topological polar surface area (TPSA) is 41.1 Å². The van der Waals surface area contributed by atoms with Crippen LogP contribution in [0.3, 0.4) is 0 Å². The number of carbonyl (C=O) groups is 1. The molecule has 0 aromatic rings. The largest absolute Gasteiger partial charge is 0.355 e. The summed E-state index contributed by atoms with van der Waals surface area (Å²) in [4.78, 5) is 11.6. The second kappa shape index (κ2) is 7.00. The smallest absolute Gasteiger partial charge is 0.220 e. The fourth-order valence-corrected chi connectivity index (χ4v) is 3.11. The summed E-state index contributed by atoms with van der Waals surface area (Å²) in [5, 5.41) is 6.45. The highest BCUT2D eigenvalue weighted by molar-refractivity contribution is 5.75. The van der Waals surface area contributed by atoms with E-state index in [0.29, 0.717) is 6.04 Å². The van der Waals surface area contributed by atoms with E-state index in [2.05, 4.69) is 10.6 Å². The van der Waals surface area contributed by atoms with Crippen molar-refractivity contribution in [1.29, 1.82) is 0 Å². The molecule has 0 aromatic carbocycles. The third kappa shape index (κ3) is 4.66. The van der Waals surface area contributed by atoms with Crippen LogP contribution < -0.4 is 10.6 Å². The highest BCUT2D eigenvalue weighted by atomic mass is 16.1. The number of carbonyl (C=O) groups excluding carboxylic acids is 1. The van der Waals surface area contributed by atoms with Gasteiger partial charge in [0.05, 0.1) is 0 Å². The van der Waals surface area contributed by atoms with Gasteiger partial charge in [-0.25, -0.2) is 0 Å². The molecule has 0 radical (unpaired) electrons. The van der Waals surface area contributed by atoms with Crippen LogP contribution in [0.4, 0.5) is 0 Å². The summed E-state index contributed by atoms with van der Waals surface area (Å²) in [5.74, 6) is 1.16. The number of amides is 1. The molecular weight excluding hydrogens is 212 g/mol. The minimum atomic E-state index is 0.247. The average Bonchev–Trinajstić information content (AvgIpc) is 2.99. The molecule has 1 aliphatic carbocycles. The quantitative estimate of drug-likeness (QED) is 0.745. The normalized spacial score (nSPS) is 25.3. The summed E-state index contributed by atoms with van der Waals surface area (Å²) in [6, 6.07) is 0.522. The zero-order chi connectivity index (χ0) is 11.9. The van der Waals surface area contributed by atoms with Crippen LogP contribution in [0.2, 0.25) is 0 Å². The molecule has 98 valence electrons.